The van der Waals surface area contributed by atoms with E-state index in [0.717, 1.165) is 12.5 Å². The standard InChI is InChI=1S/C22H20F4N6O2/c1-11-6-13-10-21(9-11,19-31-30-12(2)34-19)32(13)20(33)29-17-7-14(18-27-4-3-5-28-18)15(8-16(17)23)22(24,25)26/h3-5,7-8,11,13H,6,9-10H2,1-2H3,(H,29,33)/t11-,13-,21+/m0/s1. The van der Waals surface area contributed by atoms with Crippen molar-refractivity contribution in [2.75, 3.05) is 5.32 Å². The summed E-state index contributed by atoms with van der Waals surface area (Å²) in [4.78, 5) is 22.5. The van der Waals surface area contributed by atoms with Crippen molar-refractivity contribution in [1.29, 1.82) is 0 Å². The SMILES string of the molecule is Cc1nnc([C@@]23C[C@@H](C)C[C@@H](C2)N3C(=O)Nc2cc(-c3ncccn3)c(C(F)(F)F)cc2F)o1. The van der Waals surface area contributed by atoms with E-state index in [2.05, 4.69) is 32.4 Å². The maximum Gasteiger partial charge on any atom is 0.417 e. The van der Waals surface area contributed by atoms with Crippen LogP contribution in [0.2, 0.25) is 0 Å². The van der Waals surface area contributed by atoms with Gasteiger partial charge in [0.15, 0.2) is 5.82 Å². The number of carbonyl (C=O) groups excluding carboxylic acids is 1. The van der Waals surface area contributed by atoms with Crippen molar-refractivity contribution >= 4 is 11.7 Å². The molecule has 0 spiro atoms. The Morgan fingerprint density at radius 2 is 1.94 bits per heavy atom. The molecule has 2 bridgehead atoms. The minimum Gasteiger partial charge on any atom is -0.423 e. The number of nitrogens with one attached hydrogen (secondary N) is 1. The predicted octanol–water partition coefficient (Wildman–Crippen LogP) is 4.92. The molecule has 1 N–H and O–H groups in total. The Balaban J connectivity index is 1.50. The van der Waals surface area contributed by atoms with Crippen molar-refractivity contribution in [3.05, 3.63) is 53.8 Å². The lowest BCUT2D eigenvalue weighted by Crippen LogP contribution is -2.70. The highest BCUT2D eigenvalue weighted by atomic mass is 19.4. The molecule has 8 nitrogen and oxygen atoms in total. The van der Waals surface area contributed by atoms with Crippen molar-refractivity contribution < 1.29 is 26.8 Å². The highest BCUT2D eigenvalue weighted by Gasteiger charge is 2.62. The Kier molecular flexibility index (Phi) is 5.06. The normalized spacial score (nSPS) is 24.0. The molecule has 1 aromatic carbocycles. The molecule has 3 heterocycles. The van der Waals surface area contributed by atoms with Gasteiger partial charge in [-0.3, -0.25) is 0 Å². The second-order valence-corrected chi connectivity index (χ2v) is 8.81. The first-order chi connectivity index (χ1) is 16.1. The van der Waals surface area contributed by atoms with Crippen LogP contribution in [0, 0.1) is 18.7 Å². The van der Waals surface area contributed by atoms with Crippen LogP contribution in [-0.4, -0.2) is 37.1 Å². The van der Waals surface area contributed by atoms with Gasteiger partial charge in [0.25, 0.3) is 0 Å². The van der Waals surface area contributed by atoms with E-state index in [4.69, 9.17) is 4.42 Å². The first kappa shape index (κ1) is 22.2. The van der Waals surface area contributed by atoms with Crippen LogP contribution in [0.3, 0.4) is 0 Å². The number of nitrogens with zero attached hydrogens (tertiary/aromatic N) is 5. The number of hydrogen-bond acceptors (Lipinski definition) is 6. The van der Waals surface area contributed by atoms with Crippen molar-refractivity contribution in [3.8, 4) is 11.4 Å². The number of aromatic nitrogens is 4. The van der Waals surface area contributed by atoms with E-state index in [0.29, 0.717) is 36.6 Å². The van der Waals surface area contributed by atoms with Gasteiger partial charge < -0.3 is 14.6 Å². The summed E-state index contributed by atoms with van der Waals surface area (Å²) < 4.78 is 61.2. The van der Waals surface area contributed by atoms with Crippen LogP contribution in [0.5, 0.6) is 0 Å². The molecule has 1 aliphatic carbocycles. The fourth-order valence-corrected chi connectivity index (χ4v) is 5.14. The molecule has 2 aliphatic rings. The lowest BCUT2D eigenvalue weighted by atomic mass is 9.64. The van der Waals surface area contributed by atoms with Crippen LogP contribution in [0.1, 0.15) is 43.5 Å². The molecule has 1 aliphatic heterocycles. The minimum absolute atomic E-state index is 0.134. The molecular formula is C22H20F4N6O2. The molecule has 34 heavy (non-hydrogen) atoms. The van der Waals surface area contributed by atoms with Gasteiger partial charge in [-0.2, -0.15) is 13.2 Å². The second-order valence-electron chi connectivity index (χ2n) is 8.81. The van der Waals surface area contributed by atoms with E-state index in [9.17, 15) is 22.4 Å². The number of hydrogen-bond donors (Lipinski definition) is 1. The first-order valence-corrected chi connectivity index (χ1v) is 10.7. The zero-order valence-electron chi connectivity index (χ0n) is 18.2. The Bertz CT molecular complexity index is 1250. The van der Waals surface area contributed by atoms with Gasteiger partial charge in [0, 0.05) is 37.3 Å². The average Bonchev–Trinajstić information content (AvgIpc) is 3.21. The molecule has 1 saturated carbocycles. The van der Waals surface area contributed by atoms with Crippen LogP contribution < -0.4 is 5.32 Å². The van der Waals surface area contributed by atoms with Gasteiger partial charge in [-0.25, -0.2) is 19.2 Å². The van der Waals surface area contributed by atoms with Gasteiger partial charge in [-0.1, -0.05) is 6.92 Å². The Morgan fingerprint density at radius 3 is 2.59 bits per heavy atom. The molecule has 5 rings (SSSR count). The number of rotatable bonds is 3. The summed E-state index contributed by atoms with van der Waals surface area (Å²) in [5.41, 5.74) is -2.91. The maximum atomic E-state index is 14.8. The third-order valence-corrected chi connectivity index (χ3v) is 6.36. The minimum atomic E-state index is -4.84. The monoisotopic (exact) mass is 476 g/mol. The van der Waals surface area contributed by atoms with E-state index in [-0.39, 0.29) is 11.9 Å². The third-order valence-electron chi connectivity index (χ3n) is 6.36. The van der Waals surface area contributed by atoms with Gasteiger partial charge >= 0.3 is 12.2 Å². The molecule has 2 aromatic heterocycles. The van der Waals surface area contributed by atoms with Crippen LogP contribution in [0.25, 0.3) is 11.4 Å². The molecular weight excluding hydrogens is 456 g/mol. The summed E-state index contributed by atoms with van der Waals surface area (Å²) in [6, 6.07) is 1.92. The molecule has 0 radical (unpaired) electrons. The predicted molar refractivity (Wildman–Crippen MR) is 111 cm³/mol. The topological polar surface area (TPSA) is 97.0 Å². The lowest BCUT2D eigenvalue weighted by Gasteiger charge is -2.61. The summed E-state index contributed by atoms with van der Waals surface area (Å²) in [6.45, 7) is 3.70. The van der Waals surface area contributed by atoms with E-state index in [1.165, 1.54) is 23.4 Å². The smallest absolute Gasteiger partial charge is 0.417 e. The molecule has 178 valence electrons. The van der Waals surface area contributed by atoms with Gasteiger partial charge in [0.2, 0.25) is 11.8 Å². The number of carbonyl (C=O) groups is 1. The van der Waals surface area contributed by atoms with Crippen molar-refractivity contribution in [1.82, 2.24) is 25.1 Å². The highest BCUT2D eigenvalue weighted by molar-refractivity contribution is 5.92. The van der Waals surface area contributed by atoms with Crippen LogP contribution in [0.4, 0.5) is 28.0 Å². The summed E-state index contributed by atoms with van der Waals surface area (Å²) in [7, 11) is 0. The summed E-state index contributed by atoms with van der Waals surface area (Å²) in [5.74, 6) is -0.513. The number of likely N-dealkylation sites (tertiary alicyclic amines) is 1. The van der Waals surface area contributed by atoms with E-state index in [1.807, 2.05) is 0 Å². The van der Waals surface area contributed by atoms with E-state index >= 15 is 0 Å². The number of anilines is 1. The van der Waals surface area contributed by atoms with Crippen molar-refractivity contribution in [2.24, 2.45) is 5.92 Å². The van der Waals surface area contributed by atoms with Crippen LogP contribution >= 0.6 is 0 Å². The molecule has 2 fully saturated rings. The Morgan fingerprint density at radius 1 is 1.21 bits per heavy atom. The average molecular weight is 476 g/mol. The van der Waals surface area contributed by atoms with Gasteiger partial charge in [-0.05, 0) is 37.0 Å². The fourth-order valence-electron chi connectivity index (χ4n) is 5.14. The Hall–Kier alpha value is -3.57. The number of amides is 2. The van der Waals surface area contributed by atoms with E-state index in [1.54, 1.807) is 6.92 Å². The molecule has 3 aromatic rings. The Labute approximate surface area is 191 Å². The van der Waals surface area contributed by atoms with Crippen molar-refractivity contribution in [2.45, 2.75) is 50.9 Å². The summed E-state index contributed by atoms with van der Waals surface area (Å²) in [5, 5.41) is 10.4. The molecule has 0 unspecified atom stereocenters. The lowest BCUT2D eigenvalue weighted by molar-refractivity contribution is -0.137. The number of fused-ring (bicyclic) bond motifs is 2. The molecule has 1 saturated heterocycles. The highest BCUT2D eigenvalue weighted by Crippen LogP contribution is 2.55. The number of urea groups is 1. The zero-order chi connectivity index (χ0) is 24.3. The zero-order valence-corrected chi connectivity index (χ0v) is 18.2. The van der Waals surface area contributed by atoms with E-state index < -0.39 is 40.4 Å². The fraction of sp³-hybridized carbons (Fsp3) is 0.409. The van der Waals surface area contributed by atoms with Gasteiger partial charge in [0.05, 0.1) is 11.3 Å². The maximum absolute atomic E-state index is 14.8. The van der Waals surface area contributed by atoms with Gasteiger partial charge in [0.1, 0.15) is 11.4 Å². The van der Waals surface area contributed by atoms with Crippen molar-refractivity contribution in [3.63, 3.8) is 0 Å². The molecule has 2 amide bonds. The number of piperidine rings is 1. The summed E-state index contributed by atoms with van der Waals surface area (Å²) in [6.07, 6.45) is -0.350. The first-order valence-electron chi connectivity index (χ1n) is 10.7. The largest absolute Gasteiger partial charge is 0.423 e. The third kappa shape index (κ3) is 3.57. The molecule has 3 atom stereocenters. The van der Waals surface area contributed by atoms with Crippen LogP contribution in [0.15, 0.2) is 35.0 Å². The summed E-state index contributed by atoms with van der Waals surface area (Å²) >= 11 is 0. The number of aryl methyl sites for hydroxylation is 1. The number of benzene rings is 1. The number of halogens is 4. The van der Waals surface area contributed by atoms with Crippen LogP contribution in [-0.2, 0) is 11.7 Å². The second kappa shape index (κ2) is 7.74. The number of alkyl halides is 3. The van der Waals surface area contributed by atoms with Gasteiger partial charge in [-0.15, -0.1) is 10.2 Å². The quantitative estimate of drug-likeness (QED) is 0.539. The molecule has 12 heteroatoms.